The fraction of sp³-hybridized carbons (Fsp3) is 0.308. The number of hydrogen-bond donors (Lipinski definition) is 0. The highest BCUT2D eigenvalue weighted by atomic mass is 35.5. The van der Waals surface area contributed by atoms with Gasteiger partial charge in [-0.05, 0) is 31.2 Å². The van der Waals surface area contributed by atoms with E-state index >= 15 is 0 Å². The molecule has 0 N–H and O–H groups in total. The summed E-state index contributed by atoms with van der Waals surface area (Å²) < 4.78 is 46.8. The molecule has 0 saturated carbocycles. The van der Waals surface area contributed by atoms with Crippen molar-refractivity contribution in [3.63, 3.8) is 0 Å². The van der Waals surface area contributed by atoms with E-state index in [1.54, 1.807) is 14.0 Å². The van der Waals surface area contributed by atoms with Gasteiger partial charge in [-0.15, -0.1) is 13.2 Å². The Labute approximate surface area is 124 Å². The molecular formula is C13H12ClF3N2O2. The van der Waals surface area contributed by atoms with E-state index in [2.05, 4.69) is 9.84 Å². The number of aromatic nitrogens is 2. The van der Waals surface area contributed by atoms with E-state index in [-0.39, 0.29) is 12.4 Å². The fourth-order valence-electron chi connectivity index (χ4n) is 1.73. The minimum absolute atomic E-state index is 0.179. The van der Waals surface area contributed by atoms with Gasteiger partial charge in [0.15, 0.2) is 0 Å². The number of ether oxygens (including phenoxy) is 2. The number of benzene rings is 1. The molecule has 0 unspecified atom stereocenters. The van der Waals surface area contributed by atoms with Crippen molar-refractivity contribution in [3.8, 4) is 11.5 Å². The maximum absolute atomic E-state index is 12.0. The molecule has 0 aliphatic heterocycles. The minimum atomic E-state index is -4.71. The first kappa shape index (κ1) is 15.5. The van der Waals surface area contributed by atoms with Gasteiger partial charge in [-0.25, -0.2) is 0 Å². The van der Waals surface area contributed by atoms with Crippen LogP contribution in [-0.2, 0) is 13.7 Å². The Hall–Kier alpha value is -1.89. The summed E-state index contributed by atoms with van der Waals surface area (Å²) >= 11 is 6.05. The summed E-state index contributed by atoms with van der Waals surface area (Å²) in [5.41, 5.74) is 1.47. The third-order valence-corrected chi connectivity index (χ3v) is 3.18. The van der Waals surface area contributed by atoms with Crippen LogP contribution in [-0.4, -0.2) is 16.1 Å². The molecule has 8 heteroatoms. The molecule has 1 aromatic heterocycles. The average molecular weight is 321 g/mol. The number of halogens is 4. The van der Waals surface area contributed by atoms with Crippen LogP contribution < -0.4 is 9.47 Å². The second-order valence-corrected chi connectivity index (χ2v) is 4.64. The van der Waals surface area contributed by atoms with Crippen LogP contribution in [0.4, 0.5) is 13.2 Å². The van der Waals surface area contributed by atoms with Crippen molar-refractivity contribution in [1.82, 2.24) is 9.78 Å². The summed E-state index contributed by atoms with van der Waals surface area (Å²) in [6, 6.07) is 5.14. The molecule has 0 saturated heterocycles. The van der Waals surface area contributed by atoms with Crippen LogP contribution in [0.25, 0.3) is 0 Å². The van der Waals surface area contributed by atoms with Gasteiger partial charge in [0, 0.05) is 12.6 Å². The highest BCUT2D eigenvalue weighted by Crippen LogP contribution is 2.26. The Morgan fingerprint density at radius 3 is 2.24 bits per heavy atom. The second-order valence-electron chi connectivity index (χ2n) is 4.29. The van der Waals surface area contributed by atoms with Crippen LogP contribution in [0, 0.1) is 6.92 Å². The molecule has 1 aromatic carbocycles. The molecule has 0 aliphatic carbocycles. The van der Waals surface area contributed by atoms with E-state index in [9.17, 15) is 13.2 Å². The predicted molar refractivity (Wildman–Crippen MR) is 70.4 cm³/mol. The van der Waals surface area contributed by atoms with E-state index < -0.39 is 6.36 Å². The Balaban J connectivity index is 2.01. The number of nitrogens with zero attached hydrogens (tertiary/aromatic N) is 2. The van der Waals surface area contributed by atoms with E-state index in [1.165, 1.54) is 28.9 Å². The van der Waals surface area contributed by atoms with E-state index in [0.29, 0.717) is 10.9 Å². The zero-order chi connectivity index (χ0) is 15.6. The maximum Gasteiger partial charge on any atom is 0.573 e. The number of alkyl halides is 3. The third kappa shape index (κ3) is 4.04. The van der Waals surface area contributed by atoms with Crippen LogP contribution in [0.5, 0.6) is 11.5 Å². The normalized spacial score (nSPS) is 11.5. The lowest BCUT2D eigenvalue weighted by molar-refractivity contribution is -0.274. The zero-order valence-electron chi connectivity index (χ0n) is 11.2. The molecule has 4 nitrogen and oxygen atoms in total. The Morgan fingerprint density at radius 1 is 1.19 bits per heavy atom. The Kier molecular flexibility index (Phi) is 4.32. The van der Waals surface area contributed by atoms with Gasteiger partial charge in [0.2, 0.25) is 0 Å². The van der Waals surface area contributed by atoms with Gasteiger partial charge in [-0.1, -0.05) is 11.6 Å². The van der Waals surface area contributed by atoms with Gasteiger partial charge in [-0.2, -0.15) is 5.10 Å². The van der Waals surface area contributed by atoms with E-state index in [4.69, 9.17) is 16.3 Å². The third-order valence-electron chi connectivity index (χ3n) is 2.71. The smallest absolute Gasteiger partial charge is 0.489 e. The van der Waals surface area contributed by atoms with Crippen LogP contribution in [0.1, 0.15) is 11.3 Å². The first-order valence-electron chi connectivity index (χ1n) is 5.93. The van der Waals surface area contributed by atoms with E-state index in [0.717, 1.165) is 11.3 Å². The van der Waals surface area contributed by atoms with Gasteiger partial charge >= 0.3 is 6.36 Å². The molecule has 0 fully saturated rings. The average Bonchev–Trinajstić information content (AvgIpc) is 2.61. The number of aryl methyl sites for hydroxylation is 2. The molecule has 0 amide bonds. The molecule has 2 rings (SSSR count). The number of hydrogen-bond acceptors (Lipinski definition) is 3. The van der Waals surface area contributed by atoms with E-state index in [1.807, 2.05) is 0 Å². The van der Waals surface area contributed by atoms with Crippen molar-refractivity contribution < 1.29 is 22.6 Å². The minimum Gasteiger partial charge on any atom is -0.489 e. The summed E-state index contributed by atoms with van der Waals surface area (Å²) in [5, 5.41) is 4.60. The lowest BCUT2D eigenvalue weighted by atomic mass is 10.3. The Morgan fingerprint density at radius 2 is 1.76 bits per heavy atom. The molecule has 0 atom stereocenters. The molecule has 0 bridgehead atoms. The van der Waals surface area contributed by atoms with Crippen molar-refractivity contribution in [1.29, 1.82) is 0 Å². The topological polar surface area (TPSA) is 36.3 Å². The SMILES string of the molecule is Cc1nn(C)c(Cl)c1COc1ccc(OC(F)(F)F)cc1. The van der Waals surface area contributed by atoms with Gasteiger partial charge in [-0.3, -0.25) is 4.68 Å². The largest absolute Gasteiger partial charge is 0.573 e. The summed E-state index contributed by atoms with van der Waals surface area (Å²) in [7, 11) is 1.71. The molecule has 0 radical (unpaired) electrons. The second kappa shape index (κ2) is 5.85. The van der Waals surface area contributed by atoms with Crippen molar-refractivity contribution >= 4 is 11.6 Å². The molecule has 0 aliphatic rings. The highest BCUT2D eigenvalue weighted by molar-refractivity contribution is 6.30. The van der Waals surface area contributed by atoms with Crippen molar-refractivity contribution in [2.75, 3.05) is 0 Å². The van der Waals surface area contributed by atoms with Crippen LogP contribution in [0.3, 0.4) is 0 Å². The van der Waals surface area contributed by atoms with Crippen molar-refractivity contribution in [3.05, 3.63) is 40.7 Å². The van der Waals surface area contributed by atoms with Gasteiger partial charge < -0.3 is 9.47 Å². The van der Waals surface area contributed by atoms with Gasteiger partial charge in [0.05, 0.1) is 5.69 Å². The summed E-state index contributed by atoms with van der Waals surface area (Å²) in [6.45, 7) is 1.98. The first-order valence-corrected chi connectivity index (χ1v) is 6.30. The summed E-state index contributed by atoms with van der Waals surface area (Å²) in [5.74, 6) is 0.106. The summed E-state index contributed by atoms with van der Waals surface area (Å²) in [4.78, 5) is 0. The Bertz CT molecular complexity index is 624. The standard InChI is InChI=1S/C13H12ClF3N2O2/c1-8-11(12(14)19(2)18-8)7-20-9-3-5-10(6-4-9)21-13(15,16)17/h3-6H,7H2,1-2H3. The maximum atomic E-state index is 12.0. The molecule has 1 heterocycles. The molecule has 2 aromatic rings. The number of rotatable bonds is 4. The first-order chi connectivity index (χ1) is 9.76. The monoisotopic (exact) mass is 320 g/mol. The fourth-order valence-corrected chi connectivity index (χ4v) is 1.96. The highest BCUT2D eigenvalue weighted by Gasteiger charge is 2.30. The molecule has 21 heavy (non-hydrogen) atoms. The van der Waals surface area contributed by atoms with Crippen molar-refractivity contribution in [2.45, 2.75) is 19.9 Å². The lowest BCUT2D eigenvalue weighted by Crippen LogP contribution is -2.16. The molecular weight excluding hydrogens is 309 g/mol. The molecule has 114 valence electrons. The van der Waals surface area contributed by atoms with Gasteiger partial charge in [0.1, 0.15) is 23.3 Å². The van der Waals surface area contributed by atoms with Gasteiger partial charge in [0.25, 0.3) is 0 Å². The quantitative estimate of drug-likeness (QED) is 0.858. The lowest BCUT2D eigenvalue weighted by Gasteiger charge is -2.10. The predicted octanol–water partition coefficient (Wildman–Crippen LogP) is 3.86. The van der Waals surface area contributed by atoms with Crippen molar-refractivity contribution in [2.24, 2.45) is 7.05 Å². The van der Waals surface area contributed by atoms with Crippen LogP contribution in [0.15, 0.2) is 24.3 Å². The summed E-state index contributed by atoms with van der Waals surface area (Å²) in [6.07, 6.45) is -4.71. The molecule has 0 spiro atoms. The van der Waals surface area contributed by atoms with Crippen LogP contribution >= 0.6 is 11.6 Å². The van der Waals surface area contributed by atoms with Crippen LogP contribution in [0.2, 0.25) is 5.15 Å². The zero-order valence-corrected chi connectivity index (χ0v) is 12.0.